The molecule has 0 radical (unpaired) electrons. The molecule has 0 amide bonds. The van der Waals surface area contributed by atoms with Crippen LogP contribution in [0.5, 0.6) is 5.75 Å². The van der Waals surface area contributed by atoms with Crippen LogP contribution >= 0.6 is 0 Å². The van der Waals surface area contributed by atoms with E-state index in [4.69, 9.17) is 4.74 Å². The average Bonchev–Trinajstić information content (AvgIpc) is 3.15. The molecule has 138 valence electrons. The van der Waals surface area contributed by atoms with Gasteiger partial charge in [-0.1, -0.05) is 12.1 Å². The van der Waals surface area contributed by atoms with Crippen LogP contribution in [0, 0.1) is 0 Å². The lowest BCUT2D eigenvalue weighted by Gasteiger charge is -2.35. The van der Waals surface area contributed by atoms with Gasteiger partial charge in [-0.2, -0.15) is 4.98 Å². The maximum absolute atomic E-state index is 5.59. The summed E-state index contributed by atoms with van der Waals surface area (Å²) in [7, 11) is 4.02. The summed E-state index contributed by atoms with van der Waals surface area (Å²) >= 11 is 0. The molecule has 3 heterocycles. The standard InChI is InChI=1S/C20H27N5O/c1-23(2)19-5-8-21-20(22-19)25-12-10-24(11-13-25)9-6-16-3-4-18-17(15-16)7-14-26-18/h3-5,8,15H,6-7,9-14H2,1-2H3. The summed E-state index contributed by atoms with van der Waals surface area (Å²) < 4.78 is 5.59. The monoisotopic (exact) mass is 353 g/mol. The predicted octanol–water partition coefficient (Wildman–Crippen LogP) is 1.84. The summed E-state index contributed by atoms with van der Waals surface area (Å²) in [5.74, 6) is 2.87. The summed E-state index contributed by atoms with van der Waals surface area (Å²) in [6, 6.07) is 8.60. The summed E-state index contributed by atoms with van der Waals surface area (Å²) in [5.41, 5.74) is 2.78. The molecular weight excluding hydrogens is 326 g/mol. The van der Waals surface area contributed by atoms with E-state index in [2.05, 4.69) is 38.0 Å². The quantitative estimate of drug-likeness (QED) is 0.817. The Bertz CT molecular complexity index is 756. The Morgan fingerprint density at radius 2 is 1.96 bits per heavy atom. The molecule has 26 heavy (non-hydrogen) atoms. The van der Waals surface area contributed by atoms with Gasteiger partial charge in [0.15, 0.2) is 0 Å². The molecule has 6 heteroatoms. The van der Waals surface area contributed by atoms with Crippen molar-refractivity contribution in [3.05, 3.63) is 41.6 Å². The van der Waals surface area contributed by atoms with Gasteiger partial charge < -0.3 is 14.5 Å². The summed E-state index contributed by atoms with van der Waals surface area (Å²) in [6.07, 6.45) is 4.00. The molecule has 0 aliphatic carbocycles. The predicted molar refractivity (Wildman–Crippen MR) is 104 cm³/mol. The van der Waals surface area contributed by atoms with Crippen LogP contribution in [-0.2, 0) is 12.8 Å². The van der Waals surface area contributed by atoms with Crippen LogP contribution in [0.2, 0.25) is 0 Å². The number of piperazine rings is 1. The maximum atomic E-state index is 5.59. The third kappa shape index (κ3) is 3.75. The van der Waals surface area contributed by atoms with Crippen molar-refractivity contribution in [2.24, 2.45) is 0 Å². The second-order valence-corrected chi connectivity index (χ2v) is 7.23. The maximum Gasteiger partial charge on any atom is 0.227 e. The number of aromatic nitrogens is 2. The van der Waals surface area contributed by atoms with Gasteiger partial charge in [0.25, 0.3) is 0 Å². The second kappa shape index (κ2) is 7.50. The molecule has 0 bridgehead atoms. The van der Waals surface area contributed by atoms with E-state index < -0.39 is 0 Å². The molecule has 1 saturated heterocycles. The van der Waals surface area contributed by atoms with E-state index in [1.165, 1.54) is 11.1 Å². The Kier molecular flexibility index (Phi) is 4.93. The molecular formula is C20H27N5O. The number of fused-ring (bicyclic) bond motifs is 1. The third-order valence-electron chi connectivity index (χ3n) is 5.21. The molecule has 2 aliphatic rings. The summed E-state index contributed by atoms with van der Waals surface area (Å²) in [5, 5.41) is 0. The van der Waals surface area contributed by atoms with Gasteiger partial charge in [0.2, 0.25) is 5.95 Å². The Morgan fingerprint density at radius 3 is 2.77 bits per heavy atom. The van der Waals surface area contributed by atoms with Crippen LogP contribution in [0.25, 0.3) is 0 Å². The van der Waals surface area contributed by atoms with Gasteiger partial charge in [0, 0.05) is 59.4 Å². The fourth-order valence-corrected chi connectivity index (χ4v) is 3.59. The summed E-state index contributed by atoms with van der Waals surface area (Å²) in [4.78, 5) is 16.0. The molecule has 0 spiro atoms. The van der Waals surface area contributed by atoms with Gasteiger partial charge in [-0.25, -0.2) is 4.98 Å². The molecule has 4 rings (SSSR count). The van der Waals surface area contributed by atoms with Crippen LogP contribution in [0.3, 0.4) is 0 Å². The van der Waals surface area contributed by atoms with Gasteiger partial charge in [-0.3, -0.25) is 4.90 Å². The fourth-order valence-electron chi connectivity index (χ4n) is 3.59. The zero-order valence-corrected chi connectivity index (χ0v) is 15.7. The highest BCUT2D eigenvalue weighted by molar-refractivity contribution is 5.43. The highest BCUT2D eigenvalue weighted by Crippen LogP contribution is 2.26. The van der Waals surface area contributed by atoms with Crippen molar-refractivity contribution in [3.63, 3.8) is 0 Å². The number of hydrogen-bond acceptors (Lipinski definition) is 6. The van der Waals surface area contributed by atoms with Crippen molar-refractivity contribution in [1.82, 2.24) is 14.9 Å². The molecule has 0 N–H and O–H groups in total. The van der Waals surface area contributed by atoms with E-state index >= 15 is 0 Å². The zero-order chi connectivity index (χ0) is 17.9. The number of anilines is 2. The van der Waals surface area contributed by atoms with E-state index in [9.17, 15) is 0 Å². The zero-order valence-electron chi connectivity index (χ0n) is 15.7. The first-order chi connectivity index (χ1) is 12.7. The smallest absolute Gasteiger partial charge is 0.227 e. The van der Waals surface area contributed by atoms with Crippen LogP contribution in [0.15, 0.2) is 30.5 Å². The highest BCUT2D eigenvalue weighted by Gasteiger charge is 2.19. The van der Waals surface area contributed by atoms with Gasteiger partial charge in [-0.05, 0) is 29.7 Å². The number of hydrogen-bond donors (Lipinski definition) is 0. The van der Waals surface area contributed by atoms with Crippen molar-refractivity contribution < 1.29 is 4.74 Å². The molecule has 0 atom stereocenters. The van der Waals surface area contributed by atoms with Crippen LogP contribution in [-0.4, -0.2) is 68.3 Å². The largest absolute Gasteiger partial charge is 0.493 e. The number of nitrogens with zero attached hydrogens (tertiary/aromatic N) is 5. The van der Waals surface area contributed by atoms with Crippen molar-refractivity contribution in [3.8, 4) is 5.75 Å². The van der Waals surface area contributed by atoms with Gasteiger partial charge in [0.05, 0.1) is 6.61 Å². The SMILES string of the molecule is CN(C)c1ccnc(N2CCN(CCc3ccc4c(c3)CCO4)CC2)n1. The van der Waals surface area contributed by atoms with Gasteiger partial charge >= 0.3 is 0 Å². The minimum atomic E-state index is 0.831. The normalized spacial score (nSPS) is 17.1. The molecule has 1 fully saturated rings. The van der Waals surface area contributed by atoms with E-state index in [0.717, 1.165) is 69.7 Å². The average molecular weight is 353 g/mol. The van der Waals surface area contributed by atoms with Crippen molar-refractivity contribution in [2.45, 2.75) is 12.8 Å². The Labute approximate surface area is 155 Å². The van der Waals surface area contributed by atoms with Crippen molar-refractivity contribution in [2.75, 3.05) is 63.2 Å². The fraction of sp³-hybridized carbons (Fsp3) is 0.500. The molecule has 6 nitrogen and oxygen atoms in total. The van der Waals surface area contributed by atoms with Crippen molar-refractivity contribution >= 4 is 11.8 Å². The van der Waals surface area contributed by atoms with E-state index in [-0.39, 0.29) is 0 Å². The Balaban J connectivity index is 1.29. The molecule has 2 aliphatic heterocycles. The number of ether oxygens (including phenoxy) is 1. The second-order valence-electron chi connectivity index (χ2n) is 7.23. The van der Waals surface area contributed by atoms with Gasteiger partial charge in [0.1, 0.15) is 11.6 Å². The van der Waals surface area contributed by atoms with Crippen LogP contribution < -0.4 is 14.5 Å². The Hall–Kier alpha value is -2.34. The number of benzene rings is 1. The molecule has 1 aromatic heterocycles. The molecule has 0 saturated carbocycles. The highest BCUT2D eigenvalue weighted by atomic mass is 16.5. The Morgan fingerprint density at radius 1 is 1.12 bits per heavy atom. The topological polar surface area (TPSA) is 44.7 Å². The lowest BCUT2D eigenvalue weighted by Crippen LogP contribution is -2.47. The minimum absolute atomic E-state index is 0.831. The first-order valence-electron chi connectivity index (χ1n) is 9.41. The number of rotatable bonds is 5. The van der Waals surface area contributed by atoms with Crippen molar-refractivity contribution in [1.29, 1.82) is 0 Å². The summed E-state index contributed by atoms with van der Waals surface area (Å²) in [6.45, 7) is 6.01. The molecule has 1 aromatic carbocycles. The van der Waals surface area contributed by atoms with E-state index in [1.54, 1.807) is 0 Å². The third-order valence-corrected chi connectivity index (χ3v) is 5.21. The molecule has 2 aromatic rings. The van der Waals surface area contributed by atoms with Gasteiger partial charge in [-0.15, -0.1) is 0 Å². The lowest BCUT2D eigenvalue weighted by atomic mass is 10.1. The minimum Gasteiger partial charge on any atom is -0.493 e. The lowest BCUT2D eigenvalue weighted by molar-refractivity contribution is 0.260. The van der Waals surface area contributed by atoms with Crippen LogP contribution in [0.4, 0.5) is 11.8 Å². The van der Waals surface area contributed by atoms with E-state index in [1.807, 2.05) is 31.3 Å². The van der Waals surface area contributed by atoms with Crippen LogP contribution in [0.1, 0.15) is 11.1 Å². The van der Waals surface area contributed by atoms with E-state index in [0.29, 0.717) is 0 Å². The first-order valence-corrected chi connectivity index (χ1v) is 9.41. The first kappa shape index (κ1) is 17.1. The molecule has 0 unspecified atom stereocenters.